The number of guanidine groups is 1. The molecule has 0 amide bonds. The van der Waals surface area contributed by atoms with Gasteiger partial charge in [0.05, 0.1) is 0 Å². The maximum Gasteiger partial charge on any atom is 0.321 e. The molecule has 7 heteroatoms. The van der Waals surface area contributed by atoms with Gasteiger partial charge in [0.1, 0.15) is 6.04 Å². The lowest BCUT2D eigenvalue weighted by Gasteiger charge is -2.34. The van der Waals surface area contributed by atoms with Crippen molar-refractivity contribution in [2.24, 2.45) is 5.73 Å². The standard InChI is InChI=1S/C9H19N5O2/c1-6(8(15)16)13-14-4-2-3-7(5-14)12-9(10)11/h6-7,13H,2-5H2,1H3,(H,15,16)(H4,10,11,12)/t6-,7?/m0/s1. The summed E-state index contributed by atoms with van der Waals surface area (Å²) in [5.41, 5.74) is 8.16. The molecule has 0 aromatic rings. The largest absolute Gasteiger partial charge is 0.480 e. The molecule has 0 aromatic carbocycles. The van der Waals surface area contributed by atoms with Crippen LogP contribution in [0.25, 0.3) is 0 Å². The maximum absolute atomic E-state index is 10.7. The van der Waals surface area contributed by atoms with E-state index in [1.807, 2.05) is 5.01 Å². The lowest BCUT2D eigenvalue weighted by molar-refractivity contribution is -0.140. The first-order valence-corrected chi connectivity index (χ1v) is 5.33. The van der Waals surface area contributed by atoms with Crippen LogP contribution < -0.4 is 16.5 Å². The Morgan fingerprint density at radius 2 is 2.38 bits per heavy atom. The molecule has 1 saturated heterocycles. The number of hydrogen-bond donors (Lipinski definition) is 5. The summed E-state index contributed by atoms with van der Waals surface area (Å²) in [6, 6.07) is -0.490. The molecule has 0 spiro atoms. The molecule has 1 fully saturated rings. The van der Waals surface area contributed by atoms with Gasteiger partial charge in [0, 0.05) is 19.1 Å². The van der Waals surface area contributed by atoms with Crippen molar-refractivity contribution >= 4 is 11.9 Å². The summed E-state index contributed by atoms with van der Waals surface area (Å²) in [5, 5.41) is 20.6. The van der Waals surface area contributed by atoms with Crippen LogP contribution in [0, 0.1) is 5.41 Å². The van der Waals surface area contributed by atoms with Gasteiger partial charge in [0.15, 0.2) is 5.96 Å². The summed E-state index contributed by atoms with van der Waals surface area (Å²) in [4.78, 5) is 10.7. The average Bonchev–Trinajstić information content (AvgIpc) is 2.16. The molecule has 6 N–H and O–H groups in total. The molecular formula is C9H19N5O2. The van der Waals surface area contributed by atoms with Crippen LogP contribution in [0.3, 0.4) is 0 Å². The average molecular weight is 229 g/mol. The van der Waals surface area contributed by atoms with Crippen LogP contribution in [0.15, 0.2) is 0 Å². The smallest absolute Gasteiger partial charge is 0.321 e. The second kappa shape index (κ2) is 5.66. The van der Waals surface area contributed by atoms with Crippen molar-refractivity contribution in [2.75, 3.05) is 13.1 Å². The molecule has 0 aliphatic carbocycles. The number of rotatable bonds is 4. The van der Waals surface area contributed by atoms with Crippen LogP contribution in [0.2, 0.25) is 0 Å². The van der Waals surface area contributed by atoms with Gasteiger partial charge in [-0.1, -0.05) is 0 Å². The van der Waals surface area contributed by atoms with E-state index < -0.39 is 12.0 Å². The second-order valence-corrected chi connectivity index (χ2v) is 4.03. The van der Waals surface area contributed by atoms with Crippen molar-refractivity contribution in [1.82, 2.24) is 15.8 Å². The Morgan fingerprint density at radius 1 is 1.69 bits per heavy atom. The number of carboxylic acids is 1. The van der Waals surface area contributed by atoms with Gasteiger partial charge in [-0.05, 0) is 19.8 Å². The van der Waals surface area contributed by atoms with Gasteiger partial charge in [-0.2, -0.15) is 0 Å². The third-order valence-corrected chi connectivity index (χ3v) is 2.53. The molecule has 1 aliphatic rings. The van der Waals surface area contributed by atoms with Crippen LogP contribution in [-0.4, -0.2) is 47.2 Å². The van der Waals surface area contributed by atoms with Crippen LogP contribution in [0.5, 0.6) is 0 Å². The van der Waals surface area contributed by atoms with Crippen LogP contribution in [-0.2, 0) is 4.79 Å². The van der Waals surface area contributed by atoms with Crippen molar-refractivity contribution in [3.8, 4) is 0 Å². The first-order chi connectivity index (χ1) is 7.49. The number of hydrazine groups is 1. The Hall–Kier alpha value is -1.34. The number of aliphatic carboxylic acids is 1. The SMILES string of the molecule is C[C@H](NN1CCCC(NC(=N)N)C1)C(=O)O. The van der Waals surface area contributed by atoms with E-state index >= 15 is 0 Å². The highest BCUT2D eigenvalue weighted by Gasteiger charge is 2.22. The monoisotopic (exact) mass is 229 g/mol. The van der Waals surface area contributed by atoms with Gasteiger partial charge in [-0.25, -0.2) is 10.4 Å². The minimum atomic E-state index is -0.873. The minimum Gasteiger partial charge on any atom is -0.480 e. The molecule has 0 radical (unpaired) electrons. The predicted octanol–water partition coefficient (Wildman–Crippen LogP) is -1.09. The molecule has 16 heavy (non-hydrogen) atoms. The van der Waals surface area contributed by atoms with Gasteiger partial charge < -0.3 is 16.2 Å². The van der Waals surface area contributed by atoms with Gasteiger partial charge in [-0.3, -0.25) is 10.2 Å². The van der Waals surface area contributed by atoms with E-state index in [1.165, 1.54) is 0 Å². The van der Waals surface area contributed by atoms with E-state index in [0.717, 1.165) is 19.4 Å². The predicted molar refractivity (Wildman–Crippen MR) is 59.9 cm³/mol. The summed E-state index contributed by atoms with van der Waals surface area (Å²) >= 11 is 0. The van der Waals surface area contributed by atoms with E-state index in [-0.39, 0.29) is 12.0 Å². The molecular weight excluding hydrogens is 210 g/mol. The third kappa shape index (κ3) is 4.03. The molecule has 0 bridgehead atoms. The van der Waals surface area contributed by atoms with E-state index in [1.54, 1.807) is 6.92 Å². The number of hydrogen-bond acceptors (Lipinski definition) is 4. The topological polar surface area (TPSA) is 114 Å². The van der Waals surface area contributed by atoms with Gasteiger partial charge in [-0.15, -0.1) is 0 Å². The quantitative estimate of drug-likeness (QED) is 0.309. The highest BCUT2D eigenvalue weighted by Crippen LogP contribution is 2.08. The zero-order valence-corrected chi connectivity index (χ0v) is 9.36. The zero-order valence-electron chi connectivity index (χ0n) is 9.36. The Labute approximate surface area is 94.5 Å². The molecule has 1 aliphatic heterocycles. The molecule has 92 valence electrons. The van der Waals surface area contributed by atoms with Crippen LogP contribution >= 0.6 is 0 Å². The van der Waals surface area contributed by atoms with Crippen molar-refractivity contribution in [3.63, 3.8) is 0 Å². The lowest BCUT2D eigenvalue weighted by atomic mass is 10.1. The highest BCUT2D eigenvalue weighted by atomic mass is 16.4. The summed E-state index contributed by atoms with van der Waals surface area (Å²) in [6.45, 7) is 3.06. The van der Waals surface area contributed by atoms with Crippen molar-refractivity contribution in [1.29, 1.82) is 5.41 Å². The number of carboxylic acid groups (broad SMARTS) is 1. The maximum atomic E-state index is 10.7. The molecule has 2 atom stereocenters. The van der Waals surface area contributed by atoms with Crippen LogP contribution in [0.1, 0.15) is 19.8 Å². The zero-order chi connectivity index (χ0) is 12.1. The fraction of sp³-hybridized carbons (Fsp3) is 0.778. The summed E-state index contributed by atoms with van der Waals surface area (Å²) in [5.74, 6) is -0.917. The van der Waals surface area contributed by atoms with E-state index in [4.69, 9.17) is 16.2 Å². The van der Waals surface area contributed by atoms with Gasteiger partial charge >= 0.3 is 5.97 Å². The van der Waals surface area contributed by atoms with Crippen molar-refractivity contribution in [2.45, 2.75) is 31.8 Å². The Bertz CT molecular complexity index is 271. The Kier molecular flexibility index (Phi) is 4.51. The normalized spacial score (nSPS) is 23.7. The Morgan fingerprint density at radius 3 is 2.94 bits per heavy atom. The van der Waals surface area contributed by atoms with E-state index in [0.29, 0.717) is 6.54 Å². The summed E-state index contributed by atoms with van der Waals surface area (Å²) in [6.07, 6.45) is 1.89. The Balaban J connectivity index is 2.38. The second-order valence-electron chi connectivity index (χ2n) is 4.03. The molecule has 0 aromatic heterocycles. The molecule has 0 saturated carbocycles. The molecule has 1 unspecified atom stereocenters. The van der Waals surface area contributed by atoms with E-state index in [2.05, 4.69) is 10.7 Å². The number of carbonyl (C=O) groups is 1. The third-order valence-electron chi connectivity index (χ3n) is 2.53. The lowest BCUT2D eigenvalue weighted by Crippen LogP contribution is -2.56. The van der Waals surface area contributed by atoms with Crippen molar-refractivity contribution < 1.29 is 9.90 Å². The number of nitrogens with two attached hydrogens (primary N) is 1. The molecule has 1 heterocycles. The first-order valence-electron chi connectivity index (χ1n) is 5.33. The number of piperidine rings is 1. The van der Waals surface area contributed by atoms with Crippen molar-refractivity contribution in [3.05, 3.63) is 0 Å². The van der Waals surface area contributed by atoms with Gasteiger partial charge in [0.2, 0.25) is 0 Å². The first kappa shape index (κ1) is 12.7. The highest BCUT2D eigenvalue weighted by molar-refractivity contribution is 5.74. The fourth-order valence-corrected chi connectivity index (χ4v) is 1.76. The fourth-order valence-electron chi connectivity index (χ4n) is 1.76. The number of nitrogens with one attached hydrogen (secondary N) is 3. The molecule has 7 nitrogen and oxygen atoms in total. The summed E-state index contributed by atoms with van der Waals surface area (Å²) < 4.78 is 0. The summed E-state index contributed by atoms with van der Waals surface area (Å²) in [7, 11) is 0. The van der Waals surface area contributed by atoms with Crippen LogP contribution in [0.4, 0.5) is 0 Å². The van der Waals surface area contributed by atoms with Gasteiger partial charge in [0.25, 0.3) is 0 Å². The minimum absolute atomic E-state index is 0.0434. The van der Waals surface area contributed by atoms with E-state index in [9.17, 15) is 4.79 Å². The number of nitrogens with zero attached hydrogens (tertiary/aromatic N) is 1. The molecule has 1 rings (SSSR count).